The summed E-state index contributed by atoms with van der Waals surface area (Å²) in [6.45, 7) is 3.71. The zero-order valence-corrected chi connectivity index (χ0v) is 11.6. The lowest BCUT2D eigenvalue weighted by Crippen LogP contribution is -2.31. The number of nitrogens with zero attached hydrogens (tertiary/aromatic N) is 1. The fourth-order valence-electron chi connectivity index (χ4n) is 2.88. The summed E-state index contributed by atoms with van der Waals surface area (Å²) in [6, 6.07) is 13.3. The number of fused-ring (bicyclic) bond motifs is 1. The average Bonchev–Trinajstić information content (AvgIpc) is 2.46. The normalized spacial score (nSPS) is 15.8. The molecule has 3 heteroatoms. The van der Waals surface area contributed by atoms with Crippen LogP contribution in [0.4, 0.5) is 10.1 Å². The summed E-state index contributed by atoms with van der Waals surface area (Å²) in [6.07, 6.45) is 1.02. The van der Waals surface area contributed by atoms with E-state index >= 15 is 0 Å². The van der Waals surface area contributed by atoms with Crippen molar-refractivity contribution in [2.45, 2.75) is 25.9 Å². The number of benzene rings is 2. The third-order valence-corrected chi connectivity index (χ3v) is 3.95. The van der Waals surface area contributed by atoms with Gasteiger partial charge in [-0.15, -0.1) is 0 Å². The highest BCUT2D eigenvalue weighted by Crippen LogP contribution is 2.30. The molecule has 0 radical (unpaired) electrons. The second-order valence-electron chi connectivity index (χ2n) is 5.43. The predicted molar refractivity (Wildman–Crippen MR) is 80.2 cm³/mol. The van der Waals surface area contributed by atoms with Gasteiger partial charge in [-0.1, -0.05) is 24.3 Å². The van der Waals surface area contributed by atoms with Gasteiger partial charge in [0.15, 0.2) is 0 Å². The molecule has 1 unspecified atom stereocenters. The Morgan fingerprint density at radius 2 is 1.90 bits per heavy atom. The lowest BCUT2D eigenvalue weighted by molar-refractivity contribution is 0.620. The molecule has 0 fully saturated rings. The molecular weight excluding hydrogens is 251 g/mol. The molecule has 1 heterocycles. The molecule has 1 atom stereocenters. The fourth-order valence-corrected chi connectivity index (χ4v) is 2.88. The summed E-state index contributed by atoms with van der Waals surface area (Å²) in [5, 5.41) is 0. The third kappa shape index (κ3) is 2.41. The molecule has 2 aromatic rings. The van der Waals surface area contributed by atoms with E-state index in [-0.39, 0.29) is 11.9 Å². The molecule has 2 N–H and O–H groups in total. The van der Waals surface area contributed by atoms with Crippen LogP contribution in [-0.4, -0.2) is 6.54 Å². The summed E-state index contributed by atoms with van der Waals surface area (Å²) in [7, 11) is 0. The van der Waals surface area contributed by atoms with Crippen LogP contribution in [-0.2, 0) is 13.0 Å². The number of hydrogen-bond donors (Lipinski definition) is 1. The van der Waals surface area contributed by atoms with E-state index in [0.717, 1.165) is 30.8 Å². The van der Waals surface area contributed by atoms with Gasteiger partial charge in [0.1, 0.15) is 5.82 Å². The summed E-state index contributed by atoms with van der Waals surface area (Å²) in [4.78, 5) is 2.29. The van der Waals surface area contributed by atoms with Gasteiger partial charge in [-0.3, -0.25) is 0 Å². The Bertz CT molecular complexity index is 622. The lowest BCUT2D eigenvalue weighted by atomic mass is 9.97. The van der Waals surface area contributed by atoms with Crippen LogP contribution in [0.5, 0.6) is 0 Å². The molecule has 104 valence electrons. The molecular formula is C17H19FN2. The van der Waals surface area contributed by atoms with E-state index in [2.05, 4.69) is 29.2 Å². The molecule has 1 aliphatic rings. The van der Waals surface area contributed by atoms with Gasteiger partial charge >= 0.3 is 0 Å². The number of rotatable bonds is 2. The first-order valence-electron chi connectivity index (χ1n) is 7.02. The number of hydrogen-bond acceptors (Lipinski definition) is 2. The molecule has 20 heavy (non-hydrogen) atoms. The second-order valence-corrected chi connectivity index (χ2v) is 5.43. The van der Waals surface area contributed by atoms with E-state index in [1.54, 1.807) is 6.07 Å². The van der Waals surface area contributed by atoms with E-state index in [4.69, 9.17) is 5.73 Å². The van der Waals surface area contributed by atoms with Crippen LogP contribution in [0, 0.1) is 5.82 Å². The minimum atomic E-state index is -0.224. The standard InChI is InChI=1S/C17H19FN2/c1-12(19)16-10-15(18)6-7-17(16)20-9-8-13-4-2-3-5-14(13)11-20/h2-7,10,12H,8-9,11,19H2,1H3. The van der Waals surface area contributed by atoms with Crippen LogP contribution in [0.2, 0.25) is 0 Å². The summed E-state index contributed by atoms with van der Waals surface area (Å²) >= 11 is 0. The van der Waals surface area contributed by atoms with E-state index in [9.17, 15) is 4.39 Å². The van der Waals surface area contributed by atoms with E-state index in [0.29, 0.717) is 0 Å². The lowest BCUT2D eigenvalue weighted by Gasteiger charge is -2.33. The Morgan fingerprint density at radius 3 is 2.65 bits per heavy atom. The Balaban J connectivity index is 1.95. The van der Waals surface area contributed by atoms with E-state index in [1.807, 2.05) is 13.0 Å². The summed E-state index contributed by atoms with van der Waals surface area (Å²) in [5.74, 6) is -0.224. The van der Waals surface area contributed by atoms with Gasteiger partial charge in [-0.05, 0) is 48.2 Å². The van der Waals surface area contributed by atoms with Crippen molar-refractivity contribution in [2.75, 3.05) is 11.4 Å². The van der Waals surface area contributed by atoms with Gasteiger partial charge in [-0.25, -0.2) is 4.39 Å². The highest BCUT2D eigenvalue weighted by atomic mass is 19.1. The number of halogens is 1. The predicted octanol–water partition coefficient (Wildman–Crippen LogP) is 3.41. The van der Waals surface area contributed by atoms with Crippen LogP contribution in [0.1, 0.15) is 29.7 Å². The van der Waals surface area contributed by atoms with Crippen LogP contribution < -0.4 is 10.6 Å². The maximum Gasteiger partial charge on any atom is 0.123 e. The van der Waals surface area contributed by atoms with E-state index in [1.165, 1.54) is 17.2 Å². The molecule has 0 amide bonds. The van der Waals surface area contributed by atoms with Crippen LogP contribution in [0.25, 0.3) is 0 Å². The maximum atomic E-state index is 13.4. The quantitative estimate of drug-likeness (QED) is 0.906. The van der Waals surface area contributed by atoms with Crippen molar-refractivity contribution < 1.29 is 4.39 Å². The molecule has 0 bridgehead atoms. The van der Waals surface area contributed by atoms with Gasteiger partial charge in [-0.2, -0.15) is 0 Å². The number of nitrogens with two attached hydrogens (primary N) is 1. The molecule has 0 aromatic heterocycles. The molecule has 1 aliphatic heterocycles. The number of anilines is 1. The minimum absolute atomic E-state index is 0.169. The third-order valence-electron chi connectivity index (χ3n) is 3.95. The van der Waals surface area contributed by atoms with Crippen molar-refractivity contribution in [3.63, 3.8) is 0 Å². The van der Waals surface area contributed by atoms with Crippen LogP contribution in [0.15, 0.2) is 42.5 Å². The zero-order chi connectivity index (χ0) is 14.1. The summed E-state index contributed by atoms with van der Waals surface area (Å²) in [5.41, 5.74) is 10.7. The van der Waals surface area contributed by atoms with Crippen molar-refractivity contribution in [1.29, 1.82) is 0 Å². The van der Waals surface area contributed by atoms with Gasteiger partial charge in [0.05, 0.1) is 0 Å². The van der Waals surface area contributed by atoms with Crippen molar-refractivity contribution >= 4 is 5.69 Å². The first kappa shape index (κ1) is 13.1. The Hall–Kier alpha value is -1.87. The largest absolute Gasteiger partial charge is 0.367 e. The molecule has 0 aliphatic carbocycles. The Morgan fingerprint density at radius 1 is 1.15 bits per heavy atom. The molecule has 0 spiro atoms. The fraction of sp³-hybridized carbons (Fsp3) is 0.294. The van der Waals surface area contributed by atoms with Gasteiger partial charge in [0.2, 0.25) is 0 Å². The average molecular weight is 270 g/mol. The molecule has 2 nitrogen and oxygen atoms in total. The Kier molecular flexibility index (Phi) is 3.45. The van der Waals surface area contributed by atoms with Crippen LogP contribution >= 0.6 is 0 Å². The maximum absolute atomic E-state index is 13.4. The van der Waals surface area contributed by atoms with Gasteiger partial charge in [0.25, 0.3) is 0 Å². The Labute approximate surface area is 119 Å². The first-order valence-corrected chi connectivity index (χ1v) is 7.02. The van der Waals surface area contributed by atoms with Crippen molar-refractivity contribution in [1.82, 2.24) is 0 Å². The minimum Gasteiger partial charge on any atom is -0.367 e. The highest BCUT2D eigenvalue weighted by Gasteiger charge is 2.19. The summed E-state index contributed by atoms with van der Waals surface area (Å²) < 4.78 is 13.4. The van der Waals surface area contributed by atoms with Crippen LogP contribution in [0.3, 0.4) is 0 Å². The monoisotopic (exact) mass is 270 g/mol. The molecule has 2 aromatic carbocycles. The van der Waals surface area contributed by atoms with Gasteiger partial charge < -0.3 is 10.6 Å². The van der Waals surface area contributed by atoms with Crippen molar-refractivity contribution in [2.24, 2.45) is 5.73 Å². The van der Waals surface area contributed by atoms with Gasteiger partial charge in [0, 0.05) is 24.8 Å². The SMILES string of the molecule is CC(N)c1cc(F)ccc1N1CCc2ccccc2C1. The first-order chi connectivity index (χ1) is 9.65. The topological polar surface area (TPSA) is 29.3 Å². The van der Waals surface area contributed by atoms with Crippen molar-refractivity contribution in [3.05, 3.63) is 65.0 Å². The highest BCUT2D eigenvalue weighted by molar-refractivity contribution is 5.56. The molecule has 3 rings (SSSR count). The van der Waals surface area contributed by atoms with Crippen molar-refractivity contribution in [3.8, 4) is 0 Å². The smallest absolute Gasteiger partial charge is 0.123 e. The zero-order valence-electron chi connectivity index (χ0n) is 11.6. The molecule has 0 saturated carbocycles. The van der Waals surface area contributed by atoms with E-state index < -0.39 is 0 Å². The second kappa shape index (κ2) is 5.25. The molecule has 0 saturated heterocycles.